The number of para-hydroxylation sites is 1. The summed E-state index contributed by atoms with van der Waals surface area (Å²) in [4.78, 5) is 18.9. The number of benzene rings is 2. The van der Waals surface area contributed by atoms with E-state index in [1.54, 1.807) is 18.8 Å². The molecule has 1 aromatic heterocycles. The summed E-state index contributed by atoms with van der Waals surface area (Å²) in [5.74, 6) is 1.92. The Labute approximate surface area is 206 Å². The average Bonchev–Trinajstić information content (AvgIpc) is 2.85. The number of aryl methyl sites for hydroxylation is 1. The predicted octanol–water partition coefficient (Wildman–Crippen LogP) is 4.33. The zero-order valence-corrected chi connectivity index (χ0v) is 21.6. The summed E-state index contributed by atoms with van der Waals surface area (Å²) in [5, 5.41) is 0. The quantitative estimate of drug-likeness (QED) is 0.550. The molecule has 3 aromatic rings. The number of nitrogens with two attached hydrogens (primary N) is 1. The highest BCUT2D eigenvalue weighted by Gasteiger charge is 2.22. The van der Waals surface area contributed by atoms with E-state index >= 15 is 0 Å². The van der Waals surface area contributed by atoms with Crippen molar-refractivity contribution in [1.29, 1.82) is 0 Å². The molecule has 0 spiro atoms. The minimum absolute atomic E-state index is 0.0970. The third-order valence-electron chi connectivity index (χ3n) is 6.71. The van der Waals surface area contributed by atoms with Crippen molar-refractivity contribution in [2.24, 2.45) is 10.7 Å². The maximum absolute atomic E-state index is 13.7. The molecule has 0 aliphatic carbocycles. The van der Waals surface area contributed by atoms with Crippen LogP contribution in [0.2, 0.25) is 0 Å². The van der Waals surface area contributed by atoms with Crippen LogP contribution < -0.4 is 26.4 Å². The largest absolute Gasteiger partial charge is 0.493 e. The highest BCUT2D eigenvalue weighted by atomic mass is 16.5. The first-order valence-corrected chi connectivity index (χ1v) is 12.3. The van der Waals surface area contributed by atoms with Gasteiger partial charge in [-0.15, -0.1) is 0 Å². The smallest absolute Gasteiger partial charge is 0.330 e. The van der Waals surface area contributed by atoms with Crippen molar-refractivity contribution in [1.82, 2.24) is 9.13 Å². The van der Waals surface area contributed by atoms with Crippen molar-refractivity contribution >= 4 is 5.69 Å². The van der Waals surface area contributed by atoms with E-state index < -0.39 is 0 Å². The van der Waals surface area contributed by atoms with Crippen LogP contribution in [0.1, 0.15) is 56.2 Å². The fraction of sp³-hybridized carbons (Fsp3) is 0.429. The van der Waals surface area contributed by atoms with Crippen LogP contribution in [0.3, 0.4) is 0 Å². The first-order valence-electron chi connectivity index (χ1n) is 12.3. The standard InChI is InChI=1S/C28H36N4O3/c1-17(2)20-8-7-9-21(18(3)4)27(20)30-26-16-23-22-15-25(35-6)24(34-5)14-19(22)10-12-31(23)28(33)32(26)13-11-29/h7-9,14-18H,10-13,29H2,1-6H3. The summed E-state index contributed by atoms with van der Waals surface area (Å²) in [6.07, 6.45) is 0.732. The number of hydrogen-bond acceptors (Lipinski definition) is 5. The van der Waals surface area contributed by atoms with Gasteiger partial charge < -0.3 is 15.2 Å². The number of fused-ring (bicyclic) bond motifs is 3. The first-order chi connectivity index (χ1) is 16.8. The van der Waals surface area contributed by atoms with E-state index in [0.717, 1.165) is 28.9 Å². The lowest BCUT2D eigenvalue weighted by Gasteiger charge is -2.24. The van der Waals surface area contributed by atoms with Crippen LogP contribution >= 0.6 is 0 Å². The summed E-state index contributed by atoms with van der Waals surface area (Å²) in [5.41, 5.74) is 12.6. The molecule has 1 aliphatic heterocycles. The van der Waals surface area contributed by atoms with Crippen LogP contribution in [-0.2, 0) is 19.5 Å². The molecule has 4 rings (SSSR count). The number of hydrogen-bond donors (Lipinski definition) is 1. The van der Waals surface area contributed by atoms with Gasteiger partial charge in [0.1, 0.15) is 5.49 Å². The second kappa shape index (κ2) is 10.1. The molecule has 7 nitrogen and oxygen atoms in total. The van der Waals surface area contributed by atoms with Gasteiger partial charge in [0, 0.05) is 31.3 Å². The van der Waals surface area contributed by atoms with Crippen molar-refractivity contribution in [3.63, 3.8) is 0 Å². The molecule has 7 heteroatoms. The minimum Gasteiger partial charge on any atom is -0.493 e. The lowest BCUT2D eigenvalue weighted by molar-refractivity contribution is 0.354. The lowest BCUT2D eigenvalue weighted by Crippen LogP contribution is -2.43. The van der Waals surface area contributed by atoms with E-state index in [1.165, 1.54) is 11.1 Å². The third kappa shape index (κ3) is 4.52. The third-order valence-corrected chi connectivity index (χ3v) is 6.71. The molecule has 186 valence electrons. The van der Waals surface area contributed by atoms with E-state index in [2.05, 4.69) is 45.9 Å². The lowest BCUT2D eigenvalue weighted by atomic mass is 9.93. The zero-order valence-electron chi connectivity index (χ0n) is 21.6. The number of aromatic nitrogens is 2. The van der Waals surface area contributed by atoms with Gasteiger partial charge in [0.25, 0.3) is 0 Å². The van der Waals surface area contributed by atoms with Crippen molar-refractivity contribution in [2.75, 3.05) is 20.8 Å². The van der Waals surface area contributed by atoms with Gasteiger partial charge in [-0.2, -0.15) is 0 Å². The monoisotopic (exact) mass is 476 g/mol. The first kappa shape index (κ1) is 24.8. The van der Waals surface area contributed by atoms with Crippen LogP contribution in [0.5, 0.6) is 11.5 Å². The molecule has 0 atom stereocenters. The maximum Gasteiger partial charge on any atom is 0.330 e. The molecule has 0 radical (unpaired) electrons. The molecule has 2 aromatic carbocycles. The molecule has 2 heterocycles. The molecule has 0 bridgehead atoms. The van der Waals surface area contributed by atoms with Crippen LogP contribution in [-0.4, -0.2) is 29.9 Å². The zero-order chi connectivity index (χ0) is 25.3. The molecular formula is C28H36N4O3. The van der Waals surface area contributed by atoms with E-state index in [4.69, 9.17) is 20.2 Å². The predicted molar refractivity (Wildman–Crippen MR) is 140 cm³/mol. The normalized spacial score (nSPS) is 13.2. The number of ether oxygens (including phenoxy) is 2. The van der Waals surface area contributed by atoms with Crippen molar-refractivity contribution in [3.8, 4) is 22.8 Å². The number of methoxy groups -OCH3 is 2. The van der Waals surface area contributed by atoms with Gasteiger partial charge >= 0.3 is 5.69 Å². The highest BCUT2D eigenvalue weighted by Crippen LogP contribution is 2.38. The van der Waals surface area contributed by atoms with Gasteiger partial charge in [0.15, 0.2) is 11.5 Å². The molecule has 35 heavy (non-hydrogen) atoms. The summed E-state index contributed by atoms with van der Waals surface area (Å²) in [6.45, 7) is 10.0. The Hall–Kier alpha value is -3.32. The highest BCUT2D eigenvalue weighted by molar-refractivity contribution is 5.70. The fourth-order valence-electron chi connectivity index (χ4n) is 4.85. The Kier molecular flexibility index (Phi) is 7.17. The summed E-state index contributed by atoms with van der Waals surface area (Å²) >= 11 is 0. The number of nitrogens with zero attached hydrogens (tertiary/aromatic N) is 3. The molecule has 2 N–H and O–H groups in total. The van der Waals surface area contributed by atoms with Gasteiger partial charge in [-0.05, 0) is 47.1 Å². The van der Waals surface area contributed by atoms with Gasteiger partial charge in [-0.3, -0.25) is 9.13 Å². The van der Waals surface area contributed by atoms with E-state index in [0.29, 0.717) is 48.5 Å². The summed E-state index contributed by atoms with van der Waals surface area (Å²) in [7, 11) is 3.26. The second-order valence-electron chi connectivity index (χ2n) is 9.58. The fourth-order valence-corrected chi connectivity index (χ4v) is 4.85. The van der Waals surface area contributed by atoms with Crippen molar-refractivity contribution in [2.45, 2.75) is 59.0 Å². The van der Waals surface area contributed by atoms with Gasteiger partial charge in [0.05, 0.1) is 25.6 Å². The van der Waals surface area contributed by atoms with Gasteiger partial charge in [-0.25, -0.2) is 9.79 Å². The molecular weight excluding hydrogens is 440 g/mol. The molecule has 0 saturated heterocycles. The molecule has 1 aliphatic rings. The van der Waals surface area contributed by atoms with Crippen LogP contribution in [0.15, 0.2) is 46.2 Å². The number of rotatable bonds is 7. The van der Waals surface area contributed by atoms with Crippen molar-refractivity contribution in [3.05, 3.63) is 69.1 Å². The topological polar surface area (TPSA) is 83.8 Å². The Balaban J connectivity index is 2.06. The van der Waals surface area contributed by atoms with Gasteiger partial charge in [0.2, 0.25) is 0 Å². The molecule has 0 unspecified atom stereocenters. The van der Waals surface area contributed by atoms with Crippen LogP contribution in [0, 0.1) is 0 Å². The van der Waals surface area contributed by atoms with E-state index in [9.17, 15) is 4.79 Å². The Morgan fingerprint density at radius 3 is 2.20 bits per heavy atom. The van der Waals surface area contributed by atoms with Crippen LogP contribution in [0.25, 0.3) is 11.3 Å². The van der Waals surface area contributed by atoms with Gasteiger partial charge in [-0.1, -0.05) is 45.9 Å². The Morgan fingerprint density at radius 1 is 1.00 bits per heavy atom. The second-order valence-corrected chi connectivity index (χ2v) is 9.58. The minimum atomic E-state index is -0.0970. The van der Waals surface area contributed by atoms with Crippen LogP contribution in [0.4, 0.5) is 5.69 Å². The SMILES string of the molecule is COc1cc2c(cc1OC)-c1cc(=Nc3c(C(C)C)cccc3C(C)C)n(CCN)c(=O)n1CC2. The molecule has 0 saturated carbocycles. The molecule has 0 amide bonds. The van der Waals surface area contributed by atoms with E-state index in [-0.39, 0.29) is 5.69 Å². The Morgan fingerprint density at radius 2 is 1.63 bits per heavy atom. The Bertz CT molecular complexity index is 1340. The van der Waals surface area contributed by atoms with E-state index in [1.807, 2.05) is 22.8 Å². The maximum atomic E-state index is 13.7. The summed E-state index contributed by atoms with van der Waals surface area (Å²) < 4.78 is 14.6. The average molecular weight is 477 g/mol. The van der Waals surface area contributed by atoms with Crippen molar-refractivity contribution < 1.29 is 9.47 Å². The summed E-state index contributed by atoms with van der Waals surface area (Å²) in [6, 6.07) is 12.3. The molecule has 0 fully saturated rings.